The molecule has 0 bridgehead atoms. The summed E-state index contributed by atoms with van der Waals surface area (Å²) in [4.78, 5) is 15.7. The smallest absolute Gasteiger partial charge is 0.357 e. The van der Waals surface area contributed by atoms with E-state index in [1.807, 2.05) is 13.8 Å². The summed E-state index contributed by atoms with van der Waals surface area (Å²) in [6.45, 7) is 6.07. The Kier molecular flexibility index (Phi) is 3.02. The number of aliphatic imine (C=N–C) groups is 1. The molecule has 0 unspecified atom stereocenters. The Morgan fingerprint density at radius 2 is 2.35 bits per heavy atom. The zero-order valence-electron chi connectivity index (χ0n) is 10.1. The molecule has 2 heterocycles. The minimum Gasteiger partial charge on any atom is -0.470 e. The second kappa shape index (κ2) is 4.33. The van der Waals surface area contributed by atoms with Gasteiger partial charge in [-0.3, -0.25) is 0 Å². The maximum absolute atomic E-state index is 11.7. The lowest BCUT2D eigenvalue weighted by Gasteiger charge is -2.22. The van der Waals surface area contributed by atoms with Crippen LogP contribution in [0.4, 0.5) is 0 Å². The molecule has 0 N–H and O–H groups in total. The third-order valence-corrected chi connectivity index (χ3v) is 2.46. The number of carbonyl (C=O) groups excluding carboxylic acids is 1. The standard InChI is InChI=1S/C12H15NO4/c1-4-15-11(14)10-9-7-17-12(2,3)16-6-8(9)5-13-10/h5,7H,4,6H2,1-3H3. The van der Waals surface area contributed by atoms with E-state index in [9.17, 15) is 4.79 Å². The van der Waals surface area contributed by atoms with Crippen LogP contribution in [0.3, 0.4) is 0 Å². The van der Waals surface area contributed by atoms with Crippen LogP contribution in [0.15, 0.2) is 28.6 Å². The highest BCUT2D eigenvalue weighted by molar-refractivity contribution is 6.45. The van der Waals surface area contributed by atoms with Gasteiger partial charge in [0.1, 0.15) is 0 Å². The largest absolute Gasteiger partial charge is 0.470 e. The molecule has 0 atom stereocenters. The molecular weight excluding hydrogens is 222 g/mol. The summed E-state index contributed by atoms with van der Waals surface area (Å²) >= 11 is 0. The Labute approximate surface area is 99.8 Å². The molecule has 2 rings (SSSR count). The van der Waals surface area contributed by atoms with Crippen molar-refractivity contribution in [1.82, 2.24) is 0 Å². The van der Waals surface area contributed by atoms with Gasteiger partial charge in [-0.1, -0.05) is 0 Å². The monoisotopic (exact) mass is 237 g/mol. The van der Waals surface area contributed by atoms with E-state index in [0.717, 1.165) is 5.57 Å². The summed E-state index contributed by atoms with van der Waals surface area (Å²) in [7, 11) is 0. The third kappa shape index (κ3) is 2.39. The van der Waals surface area contributed by atoms with Crippen LogP contribution in [0.1, 0.15) is 20.8 Å². The Morgan fingerprint density at radius 1 is 1.59 bits per heavy atom. The fraction of sp³-hybridized carbons (Fsp3) is 0.500. The minimum absolute atomic E-state index is 0.281. The fourth-order valence-electron chi connectivity index (χ4n) is 1.53. The van der Waals surface area contributed by atoms with Gasteiger partial charge >= 0.3 is 5.97 Å². The van der Waals surface area contributed by atoms with E-state index >= 15 is 0 Å². The first-order valence-corrected chi connectivity index (χ1v) is 5.50. The van der Waals surface area contributed by atoms with Gasteiger partial charge in [0.05, 0.1) is 19.5 Å². The predicted molar refractivity (Wildman–Crippen MR) is 61.4 cm³/mol. The van der Waals surface area contributed by atoms with Crippen molar-refractivity contribution >= 4 is 11.7 Å². The van der Waals surface area contributed by atoms with Crippen molar-refractivity contribution in [2.75, 3.05) is 13.2 Å². The van der Waals surface area contributed by atoms with E-state index < -0.39 is 11.8 Å². The van der Waals surface area contributed by atoms with Crippen LogP contribution in [0.2, 0.25) is 0 Å². The summed E-state index contributed by atoms with van der Waals surface area (Å²) in [5, 5.41) is 0. The lowest BCUT2D eigenvalue weighted by Crippen LogP contribution is -2.25. The highest BCUT2D eigenvalue weighted by atomic mass is 16.7. The van der Waals surface area contributed by atoms with Gasteiger partial charge in [0, 0.05) is 31.2 Å². The quantitative estimate of drug-likeness (QED) is 0.684. The Bertz CT molecular complexity index is 432. The molecular formula is C12H15NO4. The van der Waals surface area contributed by atoms with E-state index in [2.05, 4.69) is 4.99 Å². The van der Waals surface area contributed by atoms with E-state index in [-0.39, 0.29) is 5.71 Å². The number of hydrogen-bond acceptors (Lipinski definition) is 5. The summed E-state index contributed by atoms with van der Waals surface area (Å²) in [5.74, 6) is -1.13. The van der Waals surface area contributed by atoms with Gasteiger partial charge < -0.3 is 14.2 Å². The first-order valence-electron chi connectivity index (χ1n) is 5.50. The zero-order chi connectivity index (χ0) is 12.5. The Morgan fingerprint density at radius 3 is 3.06 bits per heavy atom. The number of carbonyl (C=O) groups is 1. The van der Waals surface area contributed by atoms with Crippen LogP contribution < -0.4 is 0 Å². The minimum atomic E-state index is -0.696. The normalized spacial score (nSPS) is 21.5. The van der Waals surface area contributed by atoms with Gasteiger partial charge in [-0.05, 0) is 6.92 Å². The first-order chi connectivity index (χ1) is 8.03. The molecule has 17 heavy (non-hydrogen) atoms. The Balaban J connectivity index is 2.21. The molecule has 0 radical (unpaired) electrons. The van der Waals surface area contributed by atoms with E-state index in [0.29, 0.717) is 18.8 Å². The number of esters is 1. The van der Waals surface area contributed by atoms with Gasteiger partial charge in [0.15, 0.2) is 5.71 Å². The van der Waals surface area contributed by atoms with Gasteiger partial charge in [0.25, 0.3) is 0 Å². The molecule has 0 aromatic heterocycles. The number of nitrogens with zero attached hydrogens (tertiary/aromatic N) is 1. The summed E-state index contributed by atoms with van der Waals surface area (Å²) in [6, 6.07) is 0. The van der Waals surface area contributed by atoms with Crippen molar-refractivity contribution in [3.63, 3.8) is 0 Å². The van der Waals surface area contributed by atoms with Crippen LogP contribution in [0, 0.1) is 0 Å². The lowest BCUT2D eigenvalue weighted by molar-refractivity contribution is -0.171. The summed E-state index contributed by atoms with van der Waals surface area (Å²) in [5.41, 5.74) is 1.76. The van der Waals surface area contributed by atoms with Crippen LogP contribution in [-0.2, 0) is 19.0 Å². The average molecular weight is 237 g/mol. The average Bonchev–Trinajstić information content (AvgIpc) is 2.61. The molecule has 0 aliphatic carbocycles. The SMILES string of the molecule is CCOC(=O)C1=NC=C2COC(C)(C)OC=C21. The van der Waals surface area contributed by atoms with E-state index in [4.69, 9.17) is 14.2 Å². The molecule has 2 aliphatic rings. The summed E-state index contributed by atoms with van der Waals surface area (Å²) < 4.78 is 15.9. The second-order valence-corrected chi connectivity index (χ2v) is 4.19. The zero-order valence-corrected chi connectivity index (χ0v) is 10.1. The molecule has 0 fully saturated rings. The van der Waals surface area contributed by atoms with Gasteiger partial charge in [-0.25, -0.2) is 9.79 Å². The molecule has 92 valence electrons. The molecule has 0 spiro atoms. The molecule has 5 nitrogen and oxygen atoms in total. The number of fused-ring (bicyclic) bond motifs is 1. The van der Waals surface area contributed by atoms with Gasteiger partial charge in [-0.2, -0.15) is 0 Å². The van der Waals surface area contributed by atoms with E-state index in [1.165, 1.54) is 6.26 Å². The third-order valence-electron chi connectivity index (χ3n) is 2.46. The van der Waals surface area contributed by atoms with Gasteiger partial charge in [-0.15, -0.1) is 0 Å². The lowest BCUT2D eigenvalue weighted by atomic mass is 10.1. The van der Waals surface area contributed by atoms with Crippen molar-refractivity contribution < 1.29 is 19.0 Å². The van der Waals surface area contributed by atoms with Crippen molar-refractivity contribution in [3.05, 3.63) is 23.6 Å². The molecule has 0 aromatic rings. The van der Waals surface area contributed by atoms with Crippen molar-refractivity contribution in [2.24, 2.45) is 4.99 Å². The first kappa shape index (κ1) is 11.9. The van der Waals surface area contributed by atoms with Crippen molar-refractivity contribution in [3.8, 4) is 0 Å². The maximum atomic E-state index is 11.7. The van der Waals surface area contributed by atoms with Crippen LogP contribution in [0.25, 0.3) is 0 Å². The molecule has 5 heteroatoms. The highest BCUT2D eigenvalue weighted by Crippen LogP contribution is 2.27. The molecule has 0 amide bonds. The number of hydrogen-bond donors (Lipinski definition) is 0. The maximum Gasteiger partial charge on any atom is 0.357 e. The second-order valence-electron chi connectivity index (χ2n) is 4.19. The number of ether oxygens (including phenoxy) is 3. The molecule has 0 saturated heterocycles. The molecule has 0 saturated carbocycles. The van der Waals surface area contributed by atoms with Crippen LogP contribution in [-0.4, -0.2) is 30.7 Å². The summed E-state index contributed by atoms with van der Waals surface area (Å²) in [6.07, 6.45) is 3.13. The Hall–Kier alpha value is -1.62. The van der Waals surface area contributed by atoms with E-state index in [1.54, 1.807) is 13.1 Å². The van der Waals surface area contributed by atoms with Crippen molar-refractivity contribution in [1.29, 1.82) is 0 Å². The highest BCUT2D eigenvalue weighted by Gasteiger charge is 2.31. The van der Waals surface area contributed by atoms with Crippen molar-refractivity contribution in [2.45, 2.75) is 26.6 Å². The number of rotatable bonds is 2. The fourth-order valence-corrected chi connectivity index (χ4v) is 1.53. The molecule has 0 aromatic carbocycles. The predicted octanol–water partition coefficient (Wildman–Crippen LogP) is 1.55. The van der Waals surface area contributed by atoms with Crippen LogP contribution in [0.5, 0.6) is 0 Å². The van der Waals surface area contributed by atoms with Crippen LogP contribution >= 0.6 is 0 Å². The molecule has 2 aliphatic heterocycles. The van der Waals surface area contributed by atoms with Gasteiger partial charge in [0.2, 0.25) is 5.79 Å². The topological polar surface area (TPSA) is 57.1 Å².